The Bertz CT molecular complexity index is 273. The Hall–Kier alpha value is -1.20. The van der Waals surface area contributed by atoms with Gasteiger partial charge in [-0.15, -0.1) is 0 Å². The SMILES string of the molecule is O=CC=C[C@H]1[C@H](CC(=O)O)[C@H](O)C[C@@H]1O. The summed E-state index contributed by atoms with van der Waals surface area (Å²) in [4.78, 5) is 20.7. The molecule has 0 aromatic rings. The van der Waals surface area contributed by atoms with Crippen LogP contribution in [0, 0.1) is 11.8 Å². The van der Waals surface area contributed by atoms with Crippen molar-refractivity contribution in [2.24, 2.45) is 11.8 Å². The highest BCUT2D eigenvalue weighted by Gasteiger charge is 2.41. The van der Waals surface area contributed by atoms with Crippen LogP contribution >= 0.6 is 0 Å². The van der Waals surface area contributed by atoms with Crippen molar-refractivity contribution in [3.8, 4) is 0 Å². The summed E-state index contributed by atoms with van der Waals surface area (Å²) in [6.07, 6.45) is 1.60. The van der Waals surface area contributed by atoms with Gasteiger partial charge in [0.25, 0.3) is 0 Å². The molecule has 1 rings (SSSR count). The summed E-state index contributed by atoms with van der Waals surface area (Å²) in [6, 6.07) is 0. The standard InChI is InChI=1S/C10H14O5/c11-3-1-2-6-7(4-10(14)15)9(13)5-8(6)12/h1-3,6-9,12-13H,4-5H2,(H,14,15)/t6-,7-,8-,9+/m0/s1. The summed E-state index contributed by atoms with van der Waals surface area (Å²) in [5.74, 6) is -1.99. The van der Waals surface area contributed by atoms with Gasteiger partial charge < -0.3 is 15.3 Å². The zero-order valence-electron chi connectivity index (χ0n) is 8.11. The zero-order valence-corrected chi connectivity index (χ0v) is 8.11. The third-order valence-corrected chi connectivity index (χ3v) is 2.74. The van der Waals surface area contributed by atoms with Crippen molar-refractivity contribution in [2.45, 2.75) is 25.0 Å². The molecule has 5 nitrogen and oxygen atoms in total. The van der Waals surface area contributed by atoms with Gasteiger partial charge in [-0.25, -0.2) is 0 Å². The quantitative estimate of drug-likeness (QED) is 0.436. The Balaban J connectivity index is 2.74. The summed E-state index contributed by atoms with van der Waals surface area (Å²) >= 11 is 0. The molecule has 0 radical (unpaired) electrons. The minimum Gasteiger partial charge on any atom is -0.481 e. The van der Waals surface area contributed by atoms with Gasteiger partial charge in [-0.1, -0.05) is 6.08 Å². The number of aliphatic carboxylic acids is 1. The first-order valence-electron chi connectivity index (χ1n) is 4.76. The molecule has 1 saturated carbocycles. The van der Waals surface area contributed by atoms with Gasteiger partial charge >= 0.3 is 5.97 Å². The van der Waals surface area contributed by atoms with E-state index in [1.54, 1.807) is 0 Å². The molecule has 3 N–H and O–H groups in total. The van der Waals surface area contributed by atoms with Crippen LogP contribution in [-0.2, 0) is 9.59 Å². The minimum atomic E-state index is -1.02. The molecule has 0 heterocycles. The molecule has 0 amide bonds. The zero-order chi connectivity index (χ0) is 11.4. The Morgan fingerprint density at radius 3 is 2.53 bits per heavy atom. The van der Waals surface area contributed by atoms with Crippen molar-refractivity contribution in [3.05, 3.63) is 12.2 Å². The van der Waals surface area contributed by atoms with Crippen LogP contribution in [0.4, 0.5) is 0 Å². The number of hydrogen-bond acceptors (Lipinski definition) is 4. The number of carboxylic acid groups (broad SMARTS) is 1. The highest BCUT2D eigenvalue weighted by Crippen LogP contribution is 2.35. The lowest BCUT2D eigenvalue weighted by Crippen LogP contribution is -2.23. The first kappa shape index (κ1) is 11.9. The molecular weight excluding hydrogens is 200 g/mol. The molecule has 15 heavy (non-hydrogen) atoms. The van der Waals surface area contributed by atoms with Crippen LogP contribution in [0.25, 0.3) is 0 Å². The second-order valence-electron chi connectivity index (χ2n) is 3.73. The van der Waals surface area contributed by atoms with E-state index >= 15 is 0 Å². The first-order valence-corrected chi connectivity index (χ1v) is 4.76. The average Bonchev–Trinajstić information content (AvgIpc) is 2.39. The highest BCUT2D eigenvalue weighted by atomic mass is 16.4. The van der Waals surface area contributed by atoms with Crippen LogP contribution in [0.1, 0.15) is 12.8 Å². The maximum Gasteiger partial charge on any atom is 0.303 e. The maximum absolute atomic E-state index is 10.5. The van der Waals surface area contributed by atoms with E-state index in [0.717, 1.165) is 0 Å². The molecule has 0 aromatic heterocycles. The van der Waals surface area contributed by atoms with E-state index in [1.807, 2.05) is 0 Å². The number of hydrogen-bond donors (Lipinski definition) is 3. The number of rotatable bonds is 4. The van der Waals surface area contributed by atoms with Gasteiger partial charge in [0.2, 0.25) is 0 Å². The van der Waals surface area contributed by atoms with Gasteiger partial charge in [0.15, 0.2) is 0 Å². The largest absolute Gasteiger partial charge is 0.481 e. The number of allylic oxidation sites excluding steroid dienone is 1. The van der Waals surface area contributed by atoms with E-state index in [9.17, 15) is 19.8 Å². The average molecular weight is 214 g/mol. The second-order valence-corrected chi connectivity index (χ2v) is 3.73. The predicted molar refractivity (Wildman–Crippen MR) is 51.1 cm³/mol. The fourth-order valence-corrected chi connectivity index (χ4v) is 2.04. The van der Waals surface area contributed by atoms with Crippen molar-refractivity contribution < 1.29 is 24.9 Å². The summed E-state index contributed by atoms with van der Waals surface area (Å²) in [5.41, 5.74) is 0. The third kappa shape index (κ3) is 2.87. The van der Waals surface area contributed by atoms with Crippen molar-refractivity contribution in [1.29, 1.82) is 0 Å². The minimum absolute atomic E-state index is 0.159. The molecule has 1 aliphatic rings. The molecule has 1 fully saturated rings. The molecule has 5 heteroatoms. The third-order valence-electron chi connectivity index (χ3n) is 2.74. The summed E-state index contributed by atoms with van der Waals surface area (Å²) in [7, 11) is 0. The van der Waals surface area contributed by atoms with Gasteiger partial charge in [-0.2, -0.15) is 0 Å². The first-order chi connectivity index (χ1) is 7.06. The normalized spacial score (nSPS) is 35.9. The molecule has 0 spiro atoms. The lowest BCUT2D eigenvalue weighted by molar-refractivity contribution is -0.139. The molecule has 0 saturated heterocycles. The van der Waals surface area contributed by atoms with Crippen LogP contribution in [0.15, 0.2) is 12.2 Å². The molecular formula is C10H14O5. The number of carbonyl (C=O) groups is 2. The smallest absolute Gasteiger partial charge is 0.303 e. The highest BCUT2D eigenvalue weighted by molar-refractivity contribution is 5.67. The van der Waals surface area contributed by atoms with Crippen LogP contribution in [0.3, 0.4) is 0 Å². The van der Waals surface area contributed by atoms with E-state index < -0.39 is 30.0 Å². The van der Waals surface area contributed by atoms with Gasteiger partial charge in [-0.3, -0.25) is 9.59 Å². The van der Waals surface area contributed by atoms with Crippen LogP contribution < -0.4 is 0 Å². The van der Waals surface area contributed by atoms with Crippen LogP contribution in [0.2, 0.25) is 0 Å². The fourth-order valence-electron chi connectivity index (χ4n) is 2.04. The summed E-state index contributed by atoms with van der Waals surface area (Å²) < 4.78 is 0. The number of carbonyl (C=O) groups excluding carboxylic acids is 1. The Morgan fingerprint density at radius 1 is 1.33 bits per heavy atom. The van der Waals surface area contributed by atoms with E-state index in [2.05, 4.69) is 0 Å². The molecule has 1 aliphatic carbocycles. The predicted octanol–water partition coefficient (Wildman–Crippen LogP) is -0.426. The van der Waals surface area contributed by atoms with E-state index in [4.69, 9.17) is 5.11 Å². The van der Waals surface area contributed by atoms with Gasteiger partial charge in [0.1, 0.15) is 6.29 Å². The second kappa shape index (κ2) is 5.04. The lowest BCUT2D eigenvalue weighted by Gasteiger charge is -2.18. The Labute approximate surface area is 87.0 Å². The maximum atomic E-state index is 10.5. The molecule has 0 unspecified atom stereocenters. The van der Waals surface area contributed by atoms with Gasteiger partial charge in [0.05, 0.1) is 18.6 Å². The van der Waals surface area contributed by atoms with Crippen LogP contribution in [0.5, 0.6) is 0 Å². The number of aliphatic hydroxyl groups is 2. The lowest BCUT2D eigenvalue weighted by atomic mass is 9.90. The fraction of sp³-hybridized carbons (Fsp3) is 0.600. The van der Waals surface area contributed by atoms with E-state index in [-0.39, 0.29) is 12.8 Å². The number of aldehydes is 1. The van der Waals surface area contributed by atoms with E-state index in [0.29, 0.717) is 6.29 Å². The van der Waals surface area contributed by atoms with Crippen molar-refractivity contribution in [3.63, 3.8) is 0 Å². The van der Waals surface area contributed by atoms with E-state index in [1.165, 1.54) is 12.2 Å². The summed E-state index contributed by atoms with van der Waals surface area (Å²) in [5, 5.41) is 27.7. The Morgan fingerprint density at radius 2 is 2.00 bits per heavy atom. The van der Waals surface area contributed by atoms with Gasteiger partial charge in [-0.05, 0) is 6.08 Å². The monoisotopic (exact) mass is 214 g/mol. The molecule has 0 aliphatic heterocycles. The van der Waals surface area contributed by atoms with Crippen molar-refractivity contribution in [1.82, 2.24) is 0 Å². The van der Waals surface area contributed by atoms with Crippen LogP contribution in [-0.4, -0.2) is 39.8 Å². The Kier molecular flexibility index (Phi) is 3.99. The number of carboxylic acids is 1. The summed E-state index contributed by atoms with van der Waals surface area (Å²) in [6.45, 7) is 0. The van der Waals surface area contributed by atoms with Crippen molar-refractivity contribution in [2.75, 3.05) is 0 Å². The molecule has 4 atom stereocenters. The molecule has 0 bridgehead atoms. The van der Waals surface area contributed by atoms with Gasteiger partial charge in [0, 0.05) is 18.3 Å². The topological polar surface area (TPSA) is 94.8 Å². The molecule has 0 aromatic carbocycles. The van der Waals surface area contributed by atoms with Crippen molar-refractivity contribution >= 4 is 12.3 Å². The molecule has 84 valence electrons. The number of aliphatic hydroxyl groups excluding tert-OH is 2.